The lowest BCUT2D eigenvalue weighted by molar-refractivity contribution is 0.276. The van der Waals surface area contributed by atoms with Crippen LogP contribution in [0.2, 0.25) is 0 Å². The molecule has 18 heavy (non-hydrogen) atoms. The molecule has 0 aromatic carbocycles. The third-order valence-electron chi connectivity index (χ3n) is 2.94. The highest BCUT2D eigenvalue weighted by atomic mass is 32.2. The Kier molecular flexibility index (Phi) is 4.31. The SMILES string of the molecule is O=S1(=O)CCC(NCc2cn(CCCO)nn2)C1. The van der Waals surface area contributed by atoms with E-state index in [0.717, 1.165) is 5.69 Å². The van der Waals surface area contributed by atoms with Gasteiger partial charge in [-0.1, -0.05) is 5.21 Å². The fourth-order valence-electron chi connectivity index (χ4n) is 1.97. The Morgan fingerprint density at radius 1 is 1.56 bits per heavy atom. The lowest BCUT2D eigenvalue weighted by Gasteiger charge is -2.07. The molecule has 2 heterocycles. The van der Waals surface area contributed by atoms with E-state index in [4.69, 9.17) is 5.11 Å². The van der Waals surface area contributed by atoms with Crippen molar-refractivity contribution < 1.29 is 13.5 Å². The predicted molar refractivity (Wildman–Crippen MR) is 65.6 cm³/mol. The van der Waals surface area contributed by atoms with Gasteiger partial charge in [-0.2, -0.15) is 0 Å². The molecule has 1 aromatic rings. The number of aliphatic hydroxyl groups excluding tert-OH is 1. The van der Waals surface area contributed by atoms with Gasteiger partial charge in [0.1, 0.15) is 0 Å². The minimum absolute atomic E-state index is 0.0255. The number of rotatable bonds is 6. The molecule has 0 saturated carbocycles. The summed E-state index contributed by atoms with van der Waals surface area (Å²) in [4.78, 5) is 0. The van der Waals surface area contributed by atoms with Gasteiger partial charge in [-0.25, -0.2) is 8.42 Å². The molecule has 102 valence electrons. The lowest BCUT2D eigenvalue weighted by Crippen LogP contribution is -2.29. The number of hydrogen-bond acceptors (Lipinski definition) is 6. The van der Waals surface area contributed by atoms with E-state index in [0.29, 0.717) is 25.9 Å². The quantitative estimate of drug-likeness (QED) is 0.686. The van der Waals surface area contributed by atoms with E-state index in [-0.39, 0.29) is 24.2 Å². The molecule has 0 aliphatic carbocycles. The summed E-state index contributed by atoms with van der Waals surface area (Å²) in [5.41, 5.74) is 0.789. The average molecular weight is 274 g/mol. The van der Waals surface area contributed by atoms with Gasteiger partial charge in [-0.3, -0.25) is 4.68 Å². The Morgan fingerprint density at radius 3 is 3.06 bits per heavy atom. The standard InChI is InChI=1S/C10H18N4O3S/c15-4-1-3-14-7-10(12-13-14)6-11-9-2-5-18(16,17)8-9/h7,9,11,15H,1-6,8H2. The van der Waals surface area contributed by atoms with Gasteiger partial charge >= 0.3 is 0 Å². The van der Waals surface area contributed by atoms with Crippen LogP contribution in [-0.4, -0.2) is 52.7 Å². The maximum Gasteiger partial charge on any atom is 0.151 e. The number of aromatic nitrogens is 3. The zero-order valence-electron chi connectivity index (χ0n) is 10.1. The first-order valence-electron chi connectivity index (χ1n) is 6.03. The van der Waals surface area contributed by atoms with Gasteiger partial charge in [0.2, 0.25) is 0 Å². The van der Waals surface area contributed by atoms with E-state index in [2.05, 4.69) is 15.6 Å². The maximum atomic E-state index is 11.3. The van der Waals surface area contributed by atoms with Crippen molar-refractivity contribution in [1.29, 1.82) is 0 Å². The number of aliphatic hydroxyl groups is 1. The predicted octanol–water partition coefficient (Wildman–Crippen LogP) is -1.06. The molecule has 0 radical (unpaired) electrons. The van der Waals surface area contributed by atoms with Crippen molar-refractivity contribution in [2.24, 2.45) is 0 Å². The Morgan fingerprint density at radius 2 is 2.39 bits per heavy atom. The first kappa shape index (κ1) is 13.4. The first-order valence-corrected chi connectivity index (χ1v) is 7.85. The number of hydrogen-bond donors (Lipinski definition) is 2. The topological polar surface area (TPSA) is 97.1 Å². The normalized spacial score (nSPS) is 22.4. The molecular weight excluding hydrogens is 256 g/mol. The monoisotopic (exact) mass is 274 g/mol. The van der Waals surface area contributed by atoms with Crippen molar-refractivity contribution >= 4 is 9.84 Å². The van der Waals surface area contributed by atoms with Crippen molar-refractivity contribution in [2.45, 2.75) is 32.0 Å². The van der Waals surface area contributed by atoms with Crippen molar-refractivity contribution in [3.63, 3.8) is 0 Å². The highest BCUT2D eigenvalue weighted by Gasteiger charge is 2.27. The molecule has 2 rings (SSSR count). The van der Waals surface area contributed by atoms with Crippen LogP contribution in [0.3, 0.4) is 0 Å². The molecule has 1 aliphatic heterocycles. The Bertz CT molecular complexity index is 485. The second-order valence-electron chi connectivity index (χ2n) is 4.53. The molecule has 1 atom stereocenters. The van der Waals surface area contributed by atoms with Gasteiger partial charge in [-0.05, 0) is 12.8 Å². The van der Waals surface area contributed by atoms with Crippen LogP contribution >= 0.6 is 0 Å². The summed E-state index contributed by atoms with van der Waals surface area (Å²) in [6.07, 6.45) is 3.13. The van der Waals surface area contributed by atoms with E-state index in [1.54, 1.807) is 4.68 Å². The van der Waals surface area contributed by atoms with E-state index < -0.39 is 9.84 Å². The molecule has 1 aliphatic rings. The first-order chi connectivity index (χ1) is 8.59. The van der Waals surface area contributed by atoms with Crippen molar-refractivity contribution in [1.82, 2.24) is 20.3 Å². The second kappa shape index (κ2) is 5.77. The summed E-state index contributed by atoms with van der Waals surface area (Å²) in [7, 11) is -2.84. The average Bonchev–Trinajstić information content (AvgIpc) is 2.90. The summed E-state index contributed by atoms with van der Waals surface area (Å²) in [6.45, 7) is 1.30. The summed E-state index contributed by atoms with van der Waals surface area (Å²) in [5, 5.41) is 19.8. The van der Waals surface area contributed by atoms with Crippen LogP contribution in [0.5, 0.6) is 0 Å². The Labute approximate surface area is 106 Å². The van der Waals surface area contributed by atoms with Crippen LogP contribution in [-0.2, 0) is 22.9 Å². The smallest absolute Gasteiger partial charge is 0.151 e. The van der Waals surface area contributed by atoms with Crippen molar-refractivity contribution in [3.8, 4) is 0 Å². The van der Waals surface area contributed by atoms with Gasteiger partial charge in [0.15, 0.2) is 9.84 Å². The second-order valence-corrected chi connectivity index (χ2v) is 6.76. The molecule has 0 spiro atoms. The fourth-order valence-corrected chi connectivity index (χ4v) is 3.67. The van der Waals surface area contributed by atoms with Crippen LogP contribution < -0.4 is 5.32 Å². The minimum atomic E-state index is -2.84. The van der Waals surface area contributed by atoms with Crippen LogP contribution in [0.15, 0.2) is 6.20 Å². The molecule has 1 fully saturated rings. The van der Waals surface area contributed by atoms with Crippen LogP contribution in [0.1, 0.15) is 18.5 Å². The third-order valence-corrected chi connectivity index (χ3v) is 4.70. The van der Waals surface area contributed by atoms with Crippen LogP contribution in [0, 0.1) is 0 Å². The highest BCUT2D eigenvalue weighted by Crippen LogP contribution is 2.11. The molecule has 1 saturated heterocycles. The maximum absolute atomic E-state index is 11.3. The lowest BCUT2D eigenvalue weighted by atomic mass is 10.2. The number of sulfone groups is 1. The van der Waals surface area contributed by atoms with E-state index in [1.807, 2.05) is 6.20 Å². The molecule has 0 bridgehead atoms. The molecule has 8 heteroatoms. The van der Waals surface area contributed by atoms with E-state index >= 15 is 0 Å². The van der Waals surface area contributed by atoms with Crippen LogP contribution in [0.25, 0.3) is 0 Å². The minimum Gasteiger partial charge on any atom is -0.396 e. The van der Waals surface area contributed by atoms with Crippen molar-refractivity contribution in [2.75, 3.05) is 18.1 Å². The molecule has 1 unspecified atom stereocenters. The number of nitrogens with zero attached hydrogens (tertiary/aromatic N) is 3. The molecule has 2 N–H and O–H groups in total. The molecule has 0 amide bonds. The number of nitrogens with one attached hydrogen (secondary N) is 1. The van der Waals surface area contributed by atoms with Crippen molar-refractivity contribution in [3.05, 3.63) is 11.9 Å². The van der Waals surface area contributed by atoms with Gasteiger partial charge in [-0.15, -0.1) is 5.10 Å². The fraction of sp³-hybridized carbons (Fsp3) is 0.800. The van der Waals surface area contributed by atoms with Gasteiger partial charge in [0, 0.05) is 31.9 Å². The molecule has 7 nitrogen and oxygen atoms in total. The zero-order valence-corrected chi connectivity index (χ0v) is 10.9. The number of aryl methyl sites for hydroxylation is 1. The Hall–Kier alpha value is -0.990. The summed E-state index contributed by atoms with van der Waals surface area (Å²) < 4.78 is 24.2. The zero-order chi connectivity index (χ0) is 13.0. The van der Waals surface area contributed by atoms with Gasteiger partial charge in [0.05, 0.1) is 17.2 Å². The summed E-state index contributed by atoms with van der Waals surface area (Å²) in [5.74, 6) is 0.486. The summed E-state index contributed by atoms with van der Waals surface area (Å²) >= 11 is 0. The highest BCUT2D eigenvalue weighted by molar-refractivity contribution is 7.91. The summed E-state index contributed by atoms with van der Waals surface area (Å²) in [6, 6.07) is 0.0255. The molecular formula is C10H18N4O3S. The third kappa shape index (κ3) is 3.76. The van der Waals surface area contributed by atoms with E-state index in [1.165, 1.54) is 0 Å². The van der Waals surface area contributed by atoms with Gasteiger partial charge in [0.25, 0.3) is 0 Å². The van der Waals surface area contributed by atoms with E-state index in [9.17, 15) is 8.42 Å². The molecule has 1 aromatic heterocycles. The largest absolute Gasteiger partial charge is 0.396 e. The Balaban J connectivity index is 1.78. The van der Waals surface area contributed by atoms with Gasteiger partial charge < -0.3 is 10.4 Å². The van der Waals surface area contributed by atoms with Crippen LogP contribution in [0.4, 0.5) is 0 Å².